The van der Waals surface area contributed by atoms with Gasteiger partial charge in [-0.1, -0.05) is 0 Å². The molecule has 3 N–H and O–H groups in total. The van der Waals surface area contributed by atoms with Gasteiger partial charge in [-0.05, 0) is 57.3 Å². The van der Waals surface area contributed by atoms with Crippen LogP contribution in [0.25, 0.3) is 0 Å². The van der Waals surface area contributed by atoms with E-state index >= 15 is 0 Å². The molecular weight excluding hydrogens is 412 g/mol. The second-order valence-corrected chi connectivity index (χ2v) is 8.20. The molecule has 1 aliphatic rings. The lowest BCUT2D eigenvalue weighted by atomic mass is 10.0. The molecule has 112 valence electrons. The third-order valence-corrected chi connectivity index (χ3v) is 6.66. The largest absolute Gasteiger partial charge is 0.399 e. The first-order chi connectivity index (χ1) is 9.31. The van der Waals surface area contributed by atoms with Crippen molar-refractivity contribution in [2.75, 3.05) is 18.9 Å². The van der Waals surface area contributed by atoms with Crippen LogP contribution in [-0.2, 0) is 14.8 Å². The summed E-state index contributed by atoms with van der Waals surface area (Å²) in [6.45, 7) is 3.01. The van der Waals surface area contributed by atoms with Crippen LogP contribution in [0.2, 0.25) is 0 Å². The van der Waals surface area contributed by atoms with E-state index in [1.807, 2.05) is 6.92 Å². The Hall–Kier alpha value is -0.150. The fourth-order valence-electron chi connectivity index (χ4n) is 2.17. The molecule has 1 aromatic carbocycles. The van der Waals surface area contributed by atoms with E-state index in [2.05, 4.69) is 36.6 Å². The summed E-state index contributed by atoms with van der Waals surface area (Å²) in [6, 6.07) is 3.14. The summed E-state index contributed by atoms with van der Waals surface area (Å²) in [6.07, 6.45) is 0.948. The van der Waals surface area contributed by atoms with Gasteiger partial charge in [0.25, 0.3) is 0 Å². The second-order valence-electron chi connectivity index (χ2n) is 4.79. The fourth-order valence-corrected chi connectivity index (χ4v) is 5.88. The summed E-state index contributed by atoms with van der Waals surface area (Å²) in [5, 5.41) is 0. The molecule has 2 rings (SSSR count). The van der Waals surface area contributed by atoms with Crippen LogP contribution in [0.15, 0.2) is 26.0 Å². The molecule has 8 heteroatoms. The van der Waals surface area contributed by atoms with Crippen LogP contribution in [0.4, 0.5) is 5.69 Å². The van der Waals surface area contributed by atoms with Gasteiger partial charge in [0.15, 0.2) is 0 Å². The van der Waals surface area contributed by atoms with E-state index in [1.165, 1.54) is 0 Å². The number of sulfonamides is 1. The second kappa shape index (κ2) is 6.31. The Morgan fingerprint density at radius 2 is 2.00 bits per heavy atom. The average molecular weight is 428 g/mol. The Bertz CT molecular complexity index is 584. The van der Waals surface area contributed by atoms with Gasteiger partial charge in [-0.25, -0.2) is 13.1 Å². The Morgan fingerprint density at radius 3 is 2.50 bits per heavy atom. The highest BCUT2D eigenvalue weighted by atomic mass is 79.9. The molecule has 0 spiro atoms. The highest BCUT2D eigenvalue weighted by Crippen LogP contribution is 2.32. The van der Waals surface area contributed by atoms with Gasteiger partial charge in [0.1, 0.15) is 4.90 Å². The van der Waals surface area contributed by atoms with Crippen molar-refractivity contribution in [2.45, 2.75) is 24.3 Å². The zero-order valence-electron chi connectivity index (χ0n) is 10.9. The van der Waals surface area contributed by atoms with Crippen molar-refractivity contribution in [3.05, 3.63) is 21.1 Å². The zero-order valence-corrected chi connectivity index (χ0v) is 14.9. The van der Waals surface area contributed by atoms with Crippen LogP contribution in [0.1, 0.15) is 13.3 Å². The number of hydrogen-bond acceptors (Lipinski definition) is 4. The maximum atomic E-state index is 12.4. The molecule has 1 saturated heterocycles. The van der Waals surface area contributed by atoms with Crippen molar-refractivity contribution < 1.29 is 13.2 Å². The quantitative estimate of drug-likeness (QED) is 0.723. The number of ether oxygens (including phenoxy) is 1. The standard InChI is InChI=1S/C12H16Br2N2O3S/c1-7-8(2-3-19-7)6-16-20(17,18)12-10(13)4-9(15)5-11(12)14/h4-5,7-8,16H,2-3,6,15H2,1H3. The van der Waals surface area contributed by atoms with Crippen molar-refractivity contribution in [3.63, 3.8) is 0 Å². The van der Waals surface area contributed by atoms with E-state index in [0.717, 1.165) is 6.42 Å². The number of hydrogen-bond donors (Lipinski definition) is 2. The minimum atomic E-state index is -3.60. The van der Waals surface area contributed by atoms with Gasteiger partial charge in [-0.3, -0.25) is 0 Å². The minimum Gasteiger partial charge on any atom is -0.399 e. The summed E-state index contributed by atoms with van der Waals surface area (Å²) in [5.74, 6) is 0.205. The lowest BCUT2D eigenvalue weighted by Gasteiger charge is -2.16. The molecule has 20 heavy (non-hydrogen) atoms. The number of nitrogens with two attached hydrogens (primary N) is 1. The van der Waals surface area contributed by atoms with Crippen molar-refractivity contribution in [3.8, 4) is 0 Å². The van der Waals surface area contributed by atoms with E-state index < -0.39 is 10.0 Å². The Balaban J connectivity index is 2.18. The van der Waals surface area contributed by atoms with Crippen molar-refractivity contribution in [2.24, 2.45) is 5.92 Å². The first-order valence-electron chi connectivity index (χ1n) is 6.17. The molecule has 0 aromatic heterocycles. The summed E-state index contributed by atoms with van der Waals surface area (Å²) < 4.78 is 33.7. The van der Waals surface area contributed by atoms with Crippen molar-refractivity contribution in [1.82, 2.24) is 4.72 Å². The predicted molar refractivity (Wildman–Crippen MR) is 85.0 cm³/mol. The van der Waals surface area contributed by atoms with Crippen LogP contribution >= 0.6 is 31.9 Å². The van der Waals surface area contributed by atoms with E-state index in [0.29, 0.717) is 27.8 Å². The lowest BCUT2D eigenvalue weighted by molar-refractivity contribution is 0.107. The van der Waals surface area contributed by atoms with Crippen LogP contribution < -0.4 is 10.5 Å². The highest BCUT2D eigenvalue weighted by molar-refractivity contribution is 9.11. The van der Waals surface area contributed by atoms with E-state index in [4.69, 9.17) is 10.5 Å². The van der Waals surface area contributed by atoms with Gasteiger partial charge in [-0.2, -0.15) is 0 Å². The smallest absolute Gasteiger partial charge is 0.242 e. The maximum absolute atomic E-state index is 12.4. The summed E-state index contributed by atoms with van der Waals surface area (Å²) >= 11 is 6.49. The van der Waals surface area contributed by atoms with Crippen LogP contribution in [0.5, 0.6) is 0 Å². The number of anilines is 1. The van der Waals surface area contributed by atoms with Crippen LogP contribution in [-0.4, -0.2) is 27.7 Å². The first kappa shape index (κ1) is 16.2. The molecule has 1 aromatic rings. The topological polar surface area (TPSA) is 81.4 Å². The van der Waals surface area contributed by atoms with Gasteiger partial charge < -0.3 is 10.5 Å². The summed E-state index contributed by atoms with van der Waals surface area (Å²) in [5.41, 5.74) is 6.16. The van der Waals surface area contributed by atoms with E-state index in [-0.39, 0.29) is 16.9 Å². The number of halogens is 2. The normalized spacial score (nSPS) is 23.1. The predicted octanol–water partition coefficient (Wildman–Crippen LogP) is 2.50. The Kier molecular flexibility index (Phi) is 5.12. The van der Waals surface area contributed by atoms with Crippen LogP contribution in [0, 0.1) is 5.92 Å². The minimum absolute atomic E-state index is 0.0796. The maximum Gasteiger partial charge on any atom is 0.242 e. The molecule has 2 atom stereocenters. The van der Waals surface area contributed by atoms with Gasteiger partial charge in [-0.15, -0.1) is 0 Å². The third kappa shape index (κ3) is 3.54. The van der Waals surface area contributed by atoms with Gasteiger partial charge in [0.05, 0.1) is 6.10 Å². The Morgan fingerprint density at radius 1 is 1.40 bits per heavy atom. The van der Waals surface area contributed by atoms with Gasteiger partial charge >= 0.3 is 0 Å². The zero-order chi connectivity index (χ0) is 14.9. The molecule has 0 saturated carbocycles. The molecule has 0 amide bonds. The highest BCUT2D eigenvalue weighted by Gasteiger charge is 2.28. The Labute approximate surface area is 135 Å². The average Bonchev–Trinajstić information content (AvgIpc) is 2.70. The van der Waals surface area contributed by atoms with Crippen molar-refractivity contribution in [1.29, 1.82) is 0 Å². The van der Waals surface area contributed by atoms with Crippen molar-refractivity contribution >= 4 is 47.6 Å². The summed E-state index contributed by atoms with van der Waals surface area (Å²) in [4.78, 5) is 0.165. The lowest BCUT2D eigenvalue weighted by Crippen LogP contribution is -2.32. The number of benzene rings is 1. The molecule has 2 unspecified atom stereocenters. The monoisotopic (exact) mass is 426 g/mol. The molecule has 0 aliphatic carbocycles. The SMILES string of the molecule is CC1OCCC1CNS(=O)(=O)c1c(Br)cc(N)cc1Br. The summed E-state index contributed by atoms with van der Waals surface area (Å²) in [7, 11) is -3.60. The molecule has 0 bridgehead atoms. The third-order valence-electron chi connectivity index (χ3n) is 3.36. The molecule has 5 nitrogen and oxygen atoms in total. The van der Waals surface area contributed by atoms with E-state index in [9.17, 15) is 8.42 Å². The van der Waals surface area contributed by atoms with E-state index in [1.54, 1.807) is 12.1 Å². The number of nitrogens with one attached hydrogen (secondary N) is 1. The molecule has 1 aliphatic heterocycles. The van der Waals surface area contributed by atoms with Gasteiger partial charge in [0, 0.05) is 33.7 Å². The number of nitrogen functional groups attached to an aromatic ring is 1. The molecule has 0 radical (unpaired) electrons. The molecule has 1 fully saturated rings. The molecule has 1 heterocycles. The first-order valence-corrected chi connectivity index (χ1v) is 9.24. The van der Waals surface area contributed by atoms with Crippen LogP contribution in [0.3, 0.4) is 0 Å². The number of rotatable bonds is 4. The fraction of sp³-hybridized carbons (Fsp3) is 0.500. The van der Waals surface area contributed by atoms with Gasteiger partial charge in [0.2, 0.25) is 10.0 Å². The molecular formula is C12H16Br2N2O3S.